The molecule has 2 aliphatic rings. The van der Waals surface area contributed by atoms with E-state index in [0.717, 1.165) is 37.5 Å². The van der Waals surface area contributed by atoms with Gasteiger partial charge in [0.1, 0.15) is 0 Å². The highest BCUT2D eigenvalue weighted by atomic mass is 32.2. The molecule has 0 atom stereocenters. The Morgan fingerprint density at radius 1 is 1.07 bits per heavy atom. The van der Waals surface area contributed by atoms with E-state index in [2.05, 4.69) is 24.5 Å². The molecule has 1 amide bonds. The molecule has 4 heterocycles. The van der Waals surface area contributed by atoms with Gasteiger partial charge in [-0.1, -0.05) is 4.49 Å². The standard InChI is InChI=1S/C18H24N6O3S2/c1-29(26,27)17-15(21-22-28-17)13-5-9-23(10-6-13)16(25)14-11-19-18(20-12-14)24-7-3-2-4-8-24/h11-13H,2-10H2,1H3. The third kappa shape index (κ3) is 4.40. The van der Waals surface area contributed by atoms with E-state index in [1.807, 2.05) is 0 Å². The first-order valence-electron chi connectivity index (χ1n) is 9.82. The second-order valence-electron chi connectivity index (χ2n) is 7.60. The quantitative estimate of drug-likeness (QED) is 0.713. The van der Waals surface area contributed by atoms with Crippen molar-refractivity contribution in [3.05, 3.63) is 23.7 Å². The lowest BCUT2D eigenvalue weighted by atomic mass is 9.94. The minimum absolute atomic E-state index is 0.000234. The Labute approximate surface area is 174 Å². The SMILES string of the molecule is CS(=O)(=O)c1snnc1C1CCN(C(=O)c2cnc(N3CCCCC3)nc2)CC1. The van der Waals surface area contributed by atoms with Crippen LogP contribution in [0.25, 0.3) is 0 Å². The molecule has 0 spiro atoms. The maximum atomic E-state index is 12.8. The summed E-state index contributed by atoms with van der Waals surface area (Å²) in [6, 6.07) is 0. The van der Waals surface area contributed by atoms with Crippen LogP contribution in [0.15, 0.2) is 16.6 Å². The highest BCUT2D eigenvalue weighted by molar-refractivity contribution is 7.92. The minimum atomic E-state index is -3.33. The molecular formula is C18H24N6O3S2. The average molecular weight is 437 g/mol. The molecular weight excluding hydrogens is 412 g/mol. The first kappa shape index (κ1) is 20.1. The molecule has 2 fully saturated rings. The minimum Gasteiger partial charge on any atom is -0.341 e. The molecule has 156 valence electrons. The summed E-state index contributed by atoms with van der Waals surface area (Å²) in [6.07, 6.45) is 9.25. The number of piperidine rings is 2. The predicted octanol–water partition coefficient (Wildman–Crippen LogP) is 1.74. The maximum Gasteiger partial charge on any atom is 0.256 e. The van der Waals surface area contributed by atoms with Gasteiger partial charge in [0.2, 0.25) is 5.95 Å². The van der Waals surface area contributed by atoms with E-state index in [0.29, 0.717) is 43.1 Å². The molecule has 4 rings (SSSR count). The number of sulfone groups is 1. The predicted molar refractivity (Wildman–Crippen MR) is 109 cm³/mol. The second-order valence-corrected chi connectivity index (χ2v) is 10.6. The van der Waals surface area contributed by atoms with Crippen LogP contribution >= 0.6 is 11.5 Å². The molecule has 0 saturated carbocycles. The number of likely N-dealkylation sites (tertiary alicyclic amines) is 1. The van der Waals surface area contributed by atoms with Crippen molar-refractivity contribution in [2.24, 2.45) is 0 Å². The number of carbonyl (C=O) groups excluding carboxylic acids is 1. The fourth-order valence-electron chi connectivity index (χ4n) is 3.92. The van der Waals surface area contributed by atoms with Gasteiger partial charge >= 0.3 is 0 Å². The molecule has 0 N–H and O–H groups in total. The summed E-state index contributed by atoms with van der Waals surface area (Å²) in [6.45, 7) is 3.00. The molecule has 2 aromatic rings. The first-order chi connectivity index (χ1) is 13.9. The average Bonchev–Trinajstić information content (AvgIpc) is 3.25. The summed E-state index contributed by atoms with van der Waals surface area (Å²) < 4.78 is 27.9. The zero-order valence-corrected chi connectivity index (χ0v) is 18.0. The summed E-state index contributed by atoms with van der Waals surface area (Å²) in [5.41, 5.74) is 1.02. The van der Waals surface area contributed by atoms with Crippen LogP contribution in [0.5, 0.6) is 0 Å². The Bertz CT molecular complexity index is 962. The van der Waals surface area contributed by atoms with Crippen LogP contribution in [0, 0.1) is 0 Å². The lowest BCUT2D eigenvalue weighted by Crippen LogP contribution is -2.38. The van der Waals surface area contributed by atoms with Gasteiger partial charge in [0.25, 0.3) is 5.91 Å². The summed E-state index contributed by atoms with van der Waals surface area (Å²) in [5.74, 6) is 0.595. The monoisotopic (exact) mass is 436 g/mol. The van der Waals surface area contributed by atoms with Crippen LogP contribution in [-0.2, 0) is 9.84 Å². The third-order valence-corrected chi connectivity index (χ3v) is 8.06. The number of amides is 1. The molecule has 29 heavy (non-hydrogen) atoms. The van der Waals surface area contributed by atoms with Crippen LogP contribution in [0.2, 0.25) is 0 Å². The van der Waals surface area contributed by atoms with E-state index in [-0.39, 0.29) is 16.0 Å². The molecule has 0 radical (unpaired) electrons. The largest absolute Gasteiger partial charge is 0.341 e. The Kier molecular flexibility index (Phi) is 5.77. The number of nitrogens with zero attached hydrogens (tertiary/aromatic N) is 6. The molecule has 2 aliphatic heterocycles. The summed E-state index contributed by atoms with van der Waals surface area (Å²) in [5, 5.41) is 4.05. The van der Waals surface area contributed by atoms with E-state index in [1.165, 1.54) is 12.7 Å². The number of rotatable bonds is 4. The third-order valence-electron chi connectivity index (χ3n) is 5.51. The van der Waals surface area contributed by atoms with Crippen molar-refractivity contribution in [2.45, 2.75) is 42.2 Å². The Balaban J connectivity index is 1.38. The van der Waals surface area contributed by atoms with Crippen LogP contribution in [0.3, 0.4) is 0 Å². The van der Waals surface area contributed by atoms with Gasteiger partial charge in [0.05, 0.1) is 11.3 Å². The summed E-state index contributed by atoms with van der Waals surface area (Å²) in [4.78, 5) is 25.5. The molecule has 2 aromatic heterocycles. The van der Waals surface area contributed by atoms with Gasteiger partial charge in [-0.3, -0.25) is 4.79 Å². The van der Waals surface area contributed by atoms with Gasteiger partial charge in [-0.25, -0.2) is 18.4 Å². The molecule has 0 aliphatic carbocycles. The van der Waals surface area contributed by atoms with Crippen molar-refractivity contribution < 1.29 is 13.2 Å². The van der Waals surface area contributed by atoms with E-state index in [4.69, 9.17) is 0 Å². The molecule has 11 heteroatoms. The van der Waals surface area contributed by atoms with Gasteiger partial charge in [0.15, 0.2) is 14.0 Å². The van der Waals surface area contributed by atoms with Gasteiger partial charge in [-0.05, 0) is 32.1 Å². The van der Waals surface area contributed by atoms with Crippen molar-refractivity contribution in [1.29, 1.82) is 0 Å². The van der Waals surface area contributed by atoms with Crippen LogP contribution < -0.4 is 4.90 Å². The smallest absolute Gasteiger partial charge is 0.256 e. The fraction of sp³-hybridized carbons (Fsp3) is 0.611. The van der Waals surface area contributed by atoms with Crippen LogP contribution in [0.4, 0.5) is 5.95 Å². The fourth-order valence-corrected chi connectivity index (χ4v) is 5.66. The van der Waals surface area contributed by atoms with Crippen molar-refractivity contribution >= 4 is 33.2 Å². The zero-order chi connectivity index (χ0) is 20.4. The molecule has 0 aromatic carbocycles. The van der Waals surface area contributed by atoms with Gasteiger partial charge in [0, 0.05) is 62.3 Å². The Morgan fingerprint density at radius 3 is 2.34 bits per heavy atom. The molecule has 0 bridgehead atoms. The van der Waals surface area contributed by atoms with Gasteiger partial charge < -0.3 is 9.80 Å². The number of anilines is 1. The number of carbonyl (C=O) groups is 1. The second kappa shape index (κ2) is 8.31. The number of aromatic nitrogens is 4. The first-order valence-corrected chi connectivity index (χ1v) is 12.5. The molecule has 2 saturated heterocycles. The normalized spacial score (nSPS) is 18.8. The topological polar surface area (TPSA) is 109 Å². The van der Waals surface area contributed by atoms with Crippen molar-refractivity contribution in [3.63, 3.8) is 0 Å². The highest BCUT2D eigenvalue weighted by Crippen LogP contribution is 2.33. The molecule has 0 unspecified atom stereocenters. The lowest BCUT2D eigenvalue weighted by Gasteiger charge is -2.31. The van der Waals surface area contributed by atoms with Gasteiger partial charge in [-0.2, -0.15) is 0 Å². The van der Waals surface area contributed by atoms with Crippen molar-refractivity contribution in [3.8, 4) is 0 Å². The Hall–Kier alpha value is -2.14. The maximum absolute atomic E-state index is 12.8. The summed E-state index contributed by atoms with van der Waals surface area (Å²) in [7, 11) is -3.33. The van der Waals surface area contributed by atoms with Gasteiger partial charge in [-0.15, -0.1) is 5.10 Å². The number of hydrogen-bond acceptors (Lipinski definition) is 9. The van der Waals surface area contributed by atoms with Crippen LogP contribution in [0.1, 0.15) is 54.1 Å². The summed E-state index contributed by atoms with van der Waals surface area (Å²) >= 11 is 0.917. The van der Waals surface area contributed by atoms with Crippen molar-refractivity contribution in [2.75, 3.05) is 37.3 Å². The van der Waals surface area contributed by atoms with Crippen molar-refractivity contribution in [1.82, 2.24) is 24.5 Å². The lowest BCUT2D eigenvalue weighted by molar-refractivity contribution is 0.0710. The van der Waals surface area contributed by atoms with E-state index >= 15 is 0 Å². The number of hydrogen-bond donors (Lipinski definition) is 0. The van der Waals surface area contributed by atoms with Crippen LogP contribution in [-0.4, -0.2) is 71.2 Å². The van der Waals surface area contributed by atoms with E-state index in [1.54, 1.807) is 17.3 Å². The Morgan fingerprint density at radius 2 is 1.72 bits per heavy atom. The zero-order valence-electron chi connectivity index (χ0n) is 16.3. The van der Waals surface area contributed by atoms with E-state index < -0.39 is 9.84 Å². The van der Waals surface area contributed by atoms with E-state index in [9.17, 15) is 13.2 Å². The highest BCUT2D eigenvalue weighted by Gasteiger charge is 2.30. The molecule has 9 nitrogen and oxygen atoms in total.